The summed E-state index contributed by atoms with van der Waals surface area (Å²) in [6, 6.07) is 9.97. The molecule has 0 aromatic heterocycles. The Labute approximate surface area is 113 Å². The third-order valence-corrected chi connectivity index (χ3v) is 3.48. The first kappa shape index (κ1) is 13.5. The number of nitrogens with zero attached hydrogens (tertiary/aromatic N) is 2. The van der Waals surface area contributed by atoms with E-state index in [1.54, 1.807) is 11.9 Å². The maximum atomic E-state index is 11.9. The fraction of sp³-hybridized carbons (Fsp3) is 0.429. The molecule has 1 heterocycles. The van der Waals surface area contributed by atoms with Crippen LogP contribution in [0, 0.1) is 0 Å². The predicted molar refractivity (Wildman–Crippen MR) is 72.5 cm³/mol. The Morgan fingerprint density at radius 2 is 1.84 bits per heavy atom. The van der Waals surface area contributed by atoms with E-state index in [2.05, 4.69) is 5.32 Å². The molecule has 1 unspecified atom stereocenters. The summed E-state index contributed by atoms with van der Waals surface area (Å²) in [6.45, 7) is 1.70. The molecule has 19 heavy (non-hydrogen) atoms. The van der Waals surface area contributed by atoms with E-state index in [0.29, 0.717) is 19.6 Å². The summed E-state index contributed by atoms with van der Waals surface area (Å²) in [5.74, 6) is -0.834. The highest BCUT2D eigenvalue weighted by Crippen LogP contribution is 2.15. The molecule has 0 radical (unpaired) electrons. The summed E-state index contributed by atoms with van der Waals surface area (Å²) in [6.07, 6.45) is 0. The lowest BCUT2D eigenvalue weighted by Crippen LogP contribution is -2.54. The van der Waals surface area contributed by atoms with Gasteiger partial charge in [0.1, 0.15) is 0 Å². The molecule has 2 amide bonds. The van der Waals surface area contributed by atoms with E-state index in [4.69, 9.17) is 0 Å². The summed E-state index contributed by atoms with van der Waals surface area (Å²) >= 11 is 0. The first-order valence-electron chi connectivity index (χ1n) is 6.40. The van der Waals surface area contributed by atoms with Crippen LogP contribution in [0.1, 0.15) is 11.6 Å². The average Bonchev–Trinajstić information content (AvgIpc) is 2.45. The zero-order valence-corrected chi connectivity index (χ0v) is 11.3. The van der Waals surface area contributed by atoms with Crippen molar-refractivity contribution in [2.24, 2.45) is 0 Å². The minimum atomic E-state index is -0.422. The number of amides is 2. The molecule has 0 spiro atoms. The highest BCUT2D eigenvalue weighted by molar-refractivity contribution is 6.35. The van der Waals surface area contributed by atoms with E-state index in [0.717, 1.165) is 5.56 Å². The van der Waals surface area contributed by atoms with Crippen LogP contribution in [0.5, 0.6) is 0 Å². The Morgan fingerprint density at radius 1 is 1.16 bits per heavy atom. The number of hydrogen-bond acceptors (Lipinski definition) is 3. The maximum absolute atomic E-state index is 11.9. The molecule has 1 atom stereocenters. The van der Waals surface area contributed by atoms with Crippen LogP contribution in [0.15, 0.2) is 30.3 Å². The molecule has 1 N–H and O–H groups in total. The largest absolute Gasteiger partial charge is 0.336 e. The minimum absolute atomic E-state index is 0.0429. The molecular formula is C14H19N3O2. The Kier molecular flexibility index (Phi) is 4.16. The highest BCUT2D eigenvalue weighted by Gasteiger charge is 2.31. The van der Waals surface area contributed by atoms with Crippen molar-refractivity contribution in [3.63, 3.8) is 0 Å². The molecule has 1 aliphatic rings. The quantitative estimate of drug-likeness (QED) is 0.790. The van der Waals surface area contributed by atoms with Gasteiger partial charge in [-0.05, 0) is 12.6 Å². The molecule has 1 aliphatic heterocycles. The second-order valence-corrected chi connectivity index (χ2v) is 4.73. The van der Waals surface area contributed by atoms with Gasteiger partial charge in [0.25, 0.3) is 0 Å². The lowest BCUT2D eigenvalue weighted by molar-refractivity contribution is -0.155. The van der Waals surface area contributed by atoms with Crippen LogP contribution in [-0.2, 0) is 9.59 Å². The molecule has 1 aromatic rings. The molecule has 0 aliphatic carbocycles. The summed E-state index contributed by atoms with van der Waals surface area (Å²) in [5, 5.41) is 3.19. The first-order valence-corrected chi connectivity index (χ1v) is 6.40. The summed E-state index contributed by atoms with van der Waals surface area (Å²) < 4.78 is 0. The van der Waals surface area contributed by atoms with Crippen LogP contribution in [0.4, 0.5) is 0 Å². The van der Waals surface area contributed by atoms with Gasteiger partial charge in [-0.2, -0.15) is 0 Å². The third kappa shape index (κ3) is 2.93. The molecule has 0 saturated carbocycles. The molecular weight excluding hydrogens is 242 g/mol. The zero-order chi connectivity index (χ0) is 13.8. The Morgan fingerprint density at radius 3 is 2.47 bits per heavy atom. The normalized spacial score (nSPS) is 17.8. The van der Waals surface area contributed by atoms with Crippen LogP contribution < -0.4 is 5.32 Å². The van der Waals surface area contributed by atoms with E-state index < -0.39 is 11.8 Å². The van der Waals surface area contributed by atoms with Gasteiger partial charge >= 0.3 is 11.8 Å². The number of carbonyl (C=O) groups excluding carboxylic acids is 2. The smallest absolute Gasteiger partial charge is 0.312 e. The third-order valence-electron chi connectivity index (χ3n) is 3.48. The van der Waals surface area contributed by atoms with E-state index >= 15 is 0 Å². The van der Waals surface area contributed by atoms with Gasteiger partial charge in [-0.3, -0.25) is 9.59 Å². The van der Waals surface area contributed by atoms with Crippen LogP contribution >= 0.6 is 0 Å². The van der Waals surface area contributed by atoms with Crippen molar-refractivity contribution in [2.75, 3.05) is 33.7 Å². The lowest BCUT2D eigenvalue weighted by Gasteiger charge is -2.33. The van der Waals surface area contributed by atoms with Gasteiger partial charge in [0.05, 0.1) is 0 Å². The number of rotatable bonds is 4. The van der Waals surface area contributed by atoms with E-state index in [-0.39, 0.29) is 6.04 Å². The van der Waals surface area contributed by atoms with Crippen LogP contribution in [0.25, 0.3) is 0 Å². The number of nitrogens with one attached hydrogen (secondary N) is 1. The van der Waals surface area contributed by atoms with Crippen molar-refractivity contribution in [3.8, 4) is 0 Å². The van der Waals surface area contributed by atoms with Crippen molar-refractivity contribution >= 4 is 11.8 Å². The van der Waals surface area contributed by atoms with Gasteiger partial charge in [0, 0.05) is 32.7 Å². The van der Waals surface area contributed by atoms with Gasteiger partial charge in [0.15, 0.2) is 0 Å². The van der Waals surface area contributed by atoms with Gasteiger partial charge in [0.2, 0.25) is 0 Å². The lowest BCUT2D eigenvalue weighted by atomic mass is 10.1. The highest BCUT2D eigenvalue weighted by atomic mass is 16.2. The Bertz CT molecular complexity index is 461. The molecule has 5 nitrogen and oxygen atoms in total. The molecule has 1 aromatic carbocycles. The van der Waals surface area contributed by atoms with Gasteiger partial charge < -0.3 is 15.1 Å². The number of piperazine rings is 1. The van der Waals surface area contributed by atoms with E-state index in [1.807, 2.05) is 37.4 Å². The van der Waals surface area contributed by atoms with Crippen LogP contribution in [0.3, 0.4) is 0 Å². The zero-order valence-electron chi connectivity index (χ0n) is 11.3. The molecule has 0 bridgehead atoms. The standard InChI is InChI=1S/C14H19N3O2/c1-15-12(11-6-4-3-5-7-11)10-17-9-8-16(2)13(18)14(17)19/h3-7,12,15H,8-10H2,1-2H3. The fourth-order valence-electron chi connectivity index (χ4n) is 2.22. The molecule has 2 rings (SSSR count). The second-order valence-electron chi connectivity index (χ2n) is 4.73. The van der Waals surface area contributed by atoms with Gasteiger partial charge in [-0.15, -0.1) is 0 Å². The number of likely N-dealkylation sites (N-methyl/N-ethyl adjacent to an activating group) is 2. The Balaban J connectivity index is 2.07. The molecule has 1 saturated heterocycles. The summed E-state index contributed by atoms with van der Waals surface area (Å²) in [5.41, 5.74) is 1.11. The van der Waals surface area contributed by atoms with Gasteiger partial charge in [-0.1, -0.05) is 30.3 Å². The van der Waals surface area contributed by atoms with Crippen molar-refractivity contribution in [1.29, 1.82) is 0 Å². The summed E-state index contributed by atoms with van der Waals surface area (Å²) in [4.78, 5) is 26.7. The van der Waals surface area contributed by atoms with Crippen LogP contribution in [-0.4, -0.2) is 55.3 Å². The fourth-order valence-corrected chi connectivity index (χ4v) is 2.22. The van der Waals surface area contributed by atoms with E-state index in [9.17, 15) is 9.59 Å². The topological polar surface area (TPSA) is 52.6 Å². The average molecular weight is 261 g/mol. The van der Waals surface area contributed by atoms with E-state index in [1.165, 1.54) is 4.90 Å². The number of hydrogen-bond donors (Lipinski definition) is 1. The molecule has 5 heteroatoms. The SMILES string of the molecule is CNC(CN1CCN(C)C(=O)C1=O)c1ccccc1. The molecule has 102 valence electrons. The predicted octanol–water partition coefficient (Wildman–Crippen LogP) is 0.248. The number of benzene rings is 1. The second kappa shape index (κ2) is 5.84. The maximum Gasteiger partial charge on any atom is 0.312 e. The van der Waals surface area contributed by atoms with Crippen molar-refractivity contribution in [3.05, 3.63) is 35.9 Å². The van der Waals surface area contributed by atoms with Gasteiger partial charge in [-0.25, -0.2) is 0 Å². The Hall–Kier alpha value is -1.88. The van der Waals surface area contributed by atoms with Crippen molar-refractivity contribution < 1.29 is 9.59 Å². The first-order chi connectivity index (χ1) is 9.13. The number of carbonyl (C=O) groups is 2. The monoisotopic (exact) mass is 261 g/mol. The van der Waals surface area contributed by atoms with Crippen LogP contribution in [0.2, 0.25) is 0 Å². The van der Waals surface area contributed by atoms with Crippen molar-refractivity contribution in [2.45, 2.75) is 6.04 Å². The van der Waals surface area contributed by atoms with Crippen molar-refractivity contribution in [1.82, 2.24) is 15.1 Å². The summed E-state index contributed by atoms with van der Waals surface area (Å²) in [7, 11) is 3.52. The molecule has 1 fully saturated rings. The minimum Gasteiger partial charge on any atom is -0.336 e.